The van der Waals surface area contributed by atoms with Crippen molar-refractivity contribution in [1.82, 2.24) is 5.43 Å². The molecule has 156 valence electrons. The number of amides is 1. The van der Waals surface area contributed by atoms with Gasteiger partial charge >= 0.3 is 35.6 Å². The van der Waals surface area contributed by atoms with Crippen LogP contribution in [0.3, 0.4) is 0 Å². The number of rotatable bonds is 7. The van der Waals surface area contributed by atoms with Gasteiger partial charge in [-0.1, -0.05) is 30.3 Å². The predicted octanol–water partition coefficient (Wildman–Crippen LogP) is 0.0328. The van der Waals surface area contributed by atoms with E-state index in [1.807, 2.05) is 0 Å². The number of esters is 2. The summed E-state index contributed by atoms with van der Waals surface area (Å²) in [6.07, 6.45) is -0.0409. The highest BCUT2D eigenvalue weighted by molar-refractivity contribution is 6.24. The second-order valence-electron chi connectivity index (χ2n) is 7.44. The Kier molecular flexibility index (Phi) is 4.15. The Morgan fingerprint density at radius 1 is 0.867 bits per heavy atom. The fourth-order valence-corrected chi connectivity index (χ4v) is 3.14. The number of carboxylic acids is 2. The van der Waals surface area contributed by atoms with Gasteiger partial charge in [-0.3, -0.25) is 24.0 Å². The maximum absolute atomic E-state index is 12.7. The lowest BCUT2D eigenvalue weighted by Crippen LogP contribution is -2.55. The predicted molar refractivity (Wildman–Crippen MR) is 94.6 cm³/mol. The minimum Gasteiger partial charge on any atom is -0.480 e. The zero-order chi connectivity index (χ0) is 21.7. The summed E-state index contributed by atoms with van der Waals surface area (Å²) in [5.41, 5.74) is -1.68. The molecular formula is C19H16N2O9. The van der Waals surface area contributed by atoms with Gasteiger partial charge in [-0.05, 0) is 25.7 Å². The molecule has 3 N–H and O–H groups in total. The van der Waals surface area contributed by atoms with Crippen molar-refractivity contribution >= 4 is 35.5 Å². The van der Waals surface area contributed by atoms with Crippen molar-refractivity contribution in [2.45, 2.75) is 31.5 Å². The Morgan fingerprint density at radius 2 is 1.33 bits per heavy atom. The second kappa shape index (κ2) is 6.37. The van der Waals surface area contributed by atoms with Crippen LogP contribution in [0.5, 0.6) is 0 Å². The number of ether oxygens (including phenoxy) is 2. The van der Waals surface area contributed by atoms with E-state index in [0.717, 1.165) is 0 Å². The van der Waals surface area contributed by atoms with E-state index >= 15 is 0 Å². The van der Waals surface area contributed by atoms with Gasteiger partial charge in [0.1, 0.15) is 0 Å². The first-order chi connectivity index (χ1) is 14.2. The van der Waals surface area contributed by atoms with Crippen molar-refractivity contribution in [3.05, 3.63) is 35.9 Å². The molecule has 0 atom stereocenters. The molecule has 2 aliphatic carbocycles. The van der Waals surface area contributed by atoms with E-state index in [1.165, 1.54) is 12.1 Å². The zero-order valence-electron chi connectivity index (χ0n) is 15.4. The fraction of sp³-hybridized carbons (Fsp3) is 0.368. The summed E-state index contributed by atoms with van der Waals surface area (Å²) in [6, 6.07) is 7.86. The molecule has 0 bridgehead atoms. The first-order valence-electron chi connectivity index (χ1n) is 9.06. The van der Waals surface area contributed by atoms with Crippen LogP contribution in [0.25, 0.3) is 0 Å². The molecule has 2 fully saturated rings. The molecule has 0 saturated heterocycles. The highest BCUT2D eigenvalue weighted by atomic mass is 16.7. The third-order valence-corrected chi connectivity index (χ3v) is 5.50. The van der Waals surface area contributed by atoms with Gasteiger partial charge in [0.2, 0.25) is 0 Å². The molecule has 1 aliphatic heterocycles. The summed E-state index contributed by atoms with van der Waals surface area (Å²) < 4.78 is 10.5. The van der Waals surface area contributed by atoms with E-state index in [2.05, 4.69) is 10.5 Å². The van der Waals surface area contributed by atoms with Gasteiger partial charge in [-0.15, -0.1) is 0 Å². The van der Waals surface area contributed by atoms with Crippen LogP contribution in [0.4, 0.5) is 0 Å². The average Bonchev–Trinajstić information content (AvgIpc) is 3.61. The van der Waals surface area contributed by atoms with Crippen LogP contribution in [0.15, 0.2) is 35.4 Å². The number of carbonyl (C=O) groups excluding carboxylic acids is 3. The van der Waals surface area contributed by atoms with Gasteiger partial charge in [0.05, 0.1) is 0 Å². The minimum atomic E-state index is -2.74. The molecule has 11 nitrogen and oxygen atoms in total. The van der Waals surface area contributed by atoms with Crippen LogP contribution >= 0.6 is 0 Å². The van der Waals surface area contributed by atoms with Crippen LogP contribution in [-0.2, 0) is 33.4 Å². The van der Waals surface area contributed by atoms with Gasteiger partial charge in [-0.2, -0.15) is 5.10 Å². The van der Waals surface area contributed by atoms with Crippen molar-refractivity contribution in [1.29, 1.82) is 0 Å². The number of carbonyl (C=O) groups is 5. The van der Waals surface area contributed by atoms with E-state index in [4.69, 9.17) is 9.47 Å². The van der Waals surface area contributed by atoms with E-state index in [1.54, 1.807) is 18.2 Å². The van der Waals surface area contributed by atoms with Gasteiger partial charge in [0.15, 0.2) is 16.5 Å². The van der Waals surface area contributed by atoms with Gasteiger partial charge < -0.3 is 19.7 Å². The number of nitrogens with one attached hydrogen (secondary N) is 1. The largest absolute Gasteiger partial charge is 0.480 e. The first-order valence-corrected chi connectivity index (χ1v) is 9.06. The molecule has 0 unspecified atom stereocenters. The van der Waals surface area contributed by atoms with Crippen molar-refractivity contribution in [3.63, 3.8) is 0 Å². The number of benzene rings is 1. The molecule has 1 amide bonds. The zero-order valence-corrected chi connectivity index (χ0v) is 15.4. The molecule has 2 saturated carbocycles. The summed E-state index contributed by atoms with van der Waals surface area (Å²) in [7, 11) is 0. The van der Waals surface area contributed by atoms with E-state index in [9.17, 15) is 34.2 Å². The minimum absolute atomic E-state index is 0.0102. The van der Waals surface area contributed by atoms with E-state index < -0.39 is 46.4 Å². The van der Waals surface area contributed by atoms with Gasteiger partial charge in [0.25, 0.3) is 0 Å². The number of hydrazone groups is 1. The molecule has 1 aromatic rings. The number of hydrogen-bond acceptors (Lipinski definition) is 8. The normalized spacial score (nSPS) is 21.6. The molecular weight excluding hydrogens is 400 g/mol. The fourth-order valence-electron chi connectivity index (χ4n) is 3.14. The smallest absolute Gasteiger partial charge is 0.386 e. The lowest BCUT2D eigenvalue weighted by molar-refractivity contribution is -0.213. The summed E-state index contributed by atoms with van der Waals surface area (Å²) in [4.78, 5) is 61.1. The summed E-state index contributed by atoms with van der Waals surface area (Å²) in [5, 5.41) is 22.5. The molecule has 1 aromatic carbocycles. The Balaban J connectivity index is 1.75. The molecule has 11 heteroatoms. The van der Waals surface area contributed by atoms with Crippen LogP contribution in [0, 0.1) is 10.8 Å². The third kappa shape index (κ3) is 2.73. The van der Waals surface area contributed by atoms with E-state index in [-0.39, 0.29) is 37.0 Å². The topological polar surface area (TPSA) is 169 Å². The summed E-state index contributed by atoms with van der Waals surface area (Å²) in [5.74, 6) is -9.31. The molecule has 4 rings (SSSR count). The lowest BCUT2D eigenvalue weighted by Gasteiger charge is -2.29. The molecule has 0 radical (unpaired) electrons. The van der Waals surface area contributed by atoms with Gasteiger partial charge in [0, 0.05) is 5.56 Å². The second-order valence-corrected chi connectivity index (χ2v) is 7.44. The number of hydrogen-bond donors (Lipinski definition) is 3. The van der Waals surface area contributed by atoms with Crippen molar-refractivity contribution in [2.24, 2.45) is 15.9 Å². The Morgan fingerprint density at radius 3 is 1.73 bits per heavy atom. The Labute approximate surface area is 168 Å². The highest BCUT2D eigenvalue weighted by Gasteiger charge is 2.67. The number of aliphatic carboxylic acids is 2. The van der Waals surface area contributed by atoms with Crippen molar-refractivity contribution in [3.8, 4) is 0 Å². The quantitative estimate of drug-likeness (QED) is 0.315. The van der Waals surface area contributed by atoms with Crippen molar-refractivity contribution in [2.75, 3.05) is 0 Å². The van der Waals surface area contributed by atoms with Crippen LogP contribution in [0.1, 0.15) is 31.2 Å². The number of nitrogens with zero attached hydrogens (tertiary/aromatic N) is 1. The summed E-state index contributed by atoms with van der Waals surface area (Å²) >= 11 is 0. The average molecular weight is 416 g/mol. The van der Waals surface area contributed by atoms with E-state index in [0.29, 0.717) is 0 Å². The molecule has 0 aromatic heterocycles. The van der Waals surface area contributed by atoms with Crippen molar-refractivity contribution < 1.29 is 43.7 Å². The third-order valence-electron chi connectivity index (χ3n) is 5.50. The SMILES string of the molecule is O=C(O)C1(C(=O)OC2(OC(=O)C3(C(=O)O)CC3)C(=O)NN=C2c2ccccc2)CC1. The van der Waals surface area contributed by atoms with Crippen LogP contribution in [0.2, 0.25) is 0 Å². The maximum Gasteiger partial charge on any atom is 0.386 e. The van der Waals surface area contributed by atoms with Crippen LogP contribution in [-0.4, -0.2) is 51.5 Å². The highest BCUT2D eigenvalue weighted by Crippen LogP contribution is 2.50. The van der Waals surface area contributed by atoms with Gasteiger partial charge in [-0.25, -0.2) is 5.43 Å². The molecule has 0 spiro atoms. The Bertz CT molecular complexity index is 962. The first kappa shape index (κ1) is 19.6. The molecule has 3 aliphatic rings. The summed E-state index contributed by atoms with van der Waals surface area (Å²) in [6.45, 7) is 0. The molecule has 30 heavy (non-hydrogen) atoms. The molecule has 1 heterocycles. The van der Waals surface area contributed by atoms with Crippen LogP contribution < -0.4 is 5.43 Å². The Hall–Kier alpha value is -3.76. The standard InChI is InChI=1S/C19H16N2O9/c22-12-19(29-15(27)17(6-7-17)13(23)24,30-16(28)18(8-9-18)14(25)26)11(20-21-12)10-4-2-1-3-5-10/h1-5H,6-9H2,(H,21,22)(H,23,24)(H,25,26). The number of carboxylic acid groups (broad SMARTS) is 2. The monoisotopic (exact) mass is 416 g/mol. The lowest BCUT2D eigenvalue weighted by atomic mass is 10.0. The maximum atomic E-state index is 12.7.